The third-order valence-corrected chi connectivity index (χ3v) is 8.69. The molecule has 0 spiro atoms. The molecule has 2 amide bonds. The van der Waals surface area contributed by atoms with Gasteiger partial charge in [-0.15, -0.1) is 0 Å². The van der Waals surface area contributed by atoms with Gasteiger partial charge in [-0.25, -0.2) is 4.39 Å². The zero-order valence-electron chi connectivity index (χ0n) is 18.2. The van der Waals surface area contributed by atoms with Gasteiger partial charge in [-0.05, 0) is 57.3 Å². The monoisotopic (exact) mass is 420 g/mol. The molecule has 0 radical (unpaired) electrons. The number of halogens is 1. The van der Waals surface area contributed by atoms with Crippen LogP contribution in [0.2, 0.25) is 0 Å². The van der Waals surface area contributed by atoms with Crippen LogP contribution in [0.15, 0.2) is 0 Å². The molecule has 168 valence electrons. The summed E-state index contributed by atoms with van der Waals surface area (Å²) in [5.74, 6) is 0.831. The maximum Gasteiger partial charge on any atom is 0.237 e. The van der Waals surface area contributed by atoms with Gasteiger partial charge in [-0.1, -0.05) is 6.92 Å². The highest BCUT2D eigenvalue weighted by Crippen LogP contribution is 2.38. The molecule has 5 fully saturated rings. The van der Waals surface area contributed by atoms with E-state index in [1.807, 2.05) is 0 Å². The number of hydrogen-bond acceptors (Lipinski definition) is 4. The quantitative estimate of drug-likeness (QED) is 0.731. The predicted molar refractivity (Wildman–Crippen MR) is 113 cm³/mol. The van der Waals surface area contributed by atoms with E-state index in [1.54, 1.807) is 0 Å². The summed E-state index contributed by atoms with van der Waals surface area (Å²) in [5, 5.41) is 6.77. The van der Waals surface area contributed by atoms with E-state index in [2.05, 4.69) is 27.4 Å². The summed E-state index contributed by atoms with van der Waals surface area (Å²) in [6, 6.07) is 1.00. The summed E-state index contributed by atoms with van der Waals surface area (Å²) in [5.41, 5.74) is 0. The molecule has 2 N–H and O–H groups in total. The van der Waals surface area contributed by atoms with Crippen molar-refractivity contribution in [1.29, 1.82) is 0 Å². The number of alkyl halides is 1. The van der Waals surface area contributed by atoms with Crippen LogP contribution in [-0.4, -0.2) is 77.6 Å². The Morgan fingerprint density at radius 2 is 1.97 bits per heavy atom. The third-order valence-electron chi connectivity index (χ3n) is 8.69. The van der Waals surface area contributed by atoms with Gasteiger partial charge in [0.05, 0.1) is 6.04 Å². The van der Waals surface area contributed by atoms with Crippen molar-refractivity contribution in [3.63, 3.8) is 0 Å². The number of carbonyl (C=O) groups excluding carboxylic acids is 2. The van der Waals surface area contributed by atoms with Gasteiger partial charge in [-0.3, -0.25) is 14.5 Å². The first-order chi connectivity index (χ1) is 14.5. The Hall–Kier alpha value is -1.21. The van der Waals surface area contributed by atoms with Gasteiger partial charge in [0, 0.05) is 56.1 Å². The van der Waals surface area contributed by atoms with Crippen molar-refractivity contribution >= 4 is 11.8 Å². The number of amides is 2. The van der Waals surface area contributed by atoms with Crippen molar-refractivity contribution in [2.75, 3.05) is 19.6 Å². The molecule has 0 aromatic carbocycles. The van der Waals surface area contributed by atoms with Crippen LogP contribution in [0.5, 0.6) is 0 Å². The van der Waals surface area contributed by atoms with E-state index in [-0.39, 0.29) is 30.0 Å². The van der Waals surface area contributed by atoms with Crippen molar-refractivity contribution in [3.8, 4) is 0 Å². The van der Waals surface area contributed by atoms with Crippen LogP contribution in [0.4, 0.5) is 4.39 Å². The van der Waals surface area contributed by atoms with Crippen molar-refractivity contribution in [1.82, 2.24) is 20.4 Å². The fraction of sp³-hybridized carbons (Fsp3) is 0.913. The predicted octanol–water partition coefficient (Wildman–Crippen LogP) is 1.84. The van der Waals surface area contributed by atoms with Gasteiger partial charge in [0.25, 0.3) is 0 Å². The first-order valence-corrected chi connectivity index (χ1v) is 12.2. The minimum Gasteiger partial charge on any atom is -0.352 e. The molecular formula is C23H37FN4O2. The molecule has 5 rings (SSSR count). The molecule has 5 unspecified atom stereocenters. The molecule has 6 nitrogen and oxygen atoms in total. The number of rotatable bonds is 3. The zero-order chi connectivity index (χ0) is 20.8. The Morgan fingerprint density at radius 3 is 2.80 bits per heavy atom. The highest BCUT2D eigenvalue weighted by atomic mass is 19.1. The van der Waals surface area contributed by atoms with Crippen LogP contribution >= 0.6 is 0 Å². The SMILES string of the molecule is CC1CCC(F)C2CC(C(=O)N[C@@H]3CCC[C@@H](N4CCN5C(=O)CC[C@H]5C4)C3)NC12. The molecule has 30 heavy (non-hydrogen) atoms. The van der Waals surface area contributed by atoms with E-state index >= 15 is 0 Å². The molecule has 5 aliphatic rings. The Bertz CT molecular complexity index is 658. The maximum atomic E-state index is 14.4. The lowest BCUT2D eigenvalue weighted by atomic mass is 9.77. The molecule has 0 bridgehead atoms. The lowest BCUT2D eigenvalue weighted by Gasteiger charge is -2.44. The molecule has 0 aromatic heterocycles. The summed E-state index contributed by atoms with van der Waals surface area (Å²) >= 11 is 0. The number of nitrogens with zero attached hydrogens (tertiary/aromatic N) is 2. The molecule has 7 heteroatoms. The fourth-order valence-corrected chi connectivity index (χ4v) is 6.95. The third kappa shape index (κ3) is 3.88. The van der Waals surface area contributed by atoms with Crippen LogP contribution in [0.1, 0.15) is 64.7 Å². The minimum absolute atomic E-state index is 0.00554. The van der Waals surface area contributed by atoms with Gasteiger partial charge in [0.1, 0.15) is 6.17 Å². The zero-order valence-corrected chi connectivity index (χ0v) is 18.2. The number of piperazine rings is 1. The molecule has 2 aliphatic carbocycles. The largest absolute Gasteiger partial charge is 0.352 e. The van der Waals surface area contributed by atoms with E-state index in [0.717, 1.165) is 51.7 Å². The molecule has 8 atom stereocenters. The van der Waals surface area contributed by atoms with Gasteiger partial charge < -0.3 is 15.5 Å². The number of fused-ring (bicyclic) bond motifs is 2. The van der Waals surface area contributed by atoms with Gasteiger partial charge in [-0.2, -0.15) is 0 Å². The van der Waals surface area contributed by atoms with E-state index in [0.29, 0.717) is 43.2 Å². The smallest absolute Gasteiger partial charge is 0.237 e. The molecule has 0 aromatic rings. The van der Waals surface area contributed by atoms with Crippen LogP contribution in [0, 0.1) is 11.8 Å². The molecule has 3 saturated heterocycles. The van der Waals surface area contributed by atoms with Gasteiger partial charge in [0.2, 0.25) is 11.8 Å². The Kier molecular flexibility index (Phi) is 5.78. The fourth-order valence-electron chi connectivity index (χ4n) is 6.95. The van der Waals surface area contributed by atoms with E-state index < -0.39 is 6.17 Å². The van der Waals surface area contributed by atoms with Gasteiger partial charge >= 0.3 is 0 Å². The summed E-state index contributed by atoms with van der Waals surface area (Å²) in [6.07, 6.45) is 7.46. The standard InChI is InChI=1S/C23H37FN4O2/c1-14-5-7-19(24)18-12-20(26-22(14)18)23(30)25-15-3-2-4-16(11-15)27-9-10-28-17(13-27)6-8-21(28)29/h14-20,22,26H,2-13H2,1H3,(H,25,30)/t14?,15-,16-,17+,18?,19?,20?,22?/m1/s1. The second-order valence-electron chi connectivity index (χ2n) is 10.5. The number of hydrogen-bond donors (Lipinski definition) is 2. The Morgan fingerprint density at radius 1 is 1.10 bits per heavy atom. The molecular weight excluding hydrogens is 383 g/mol. The Labute approximate surface area is 179 Å². The number of carbonyl (C=O) groups is 2. The molecule has 3 heterocycles. The topological polar surface area (TPSA) is 64.7 Å². The van der Waals surface area contributed by atoms with Crippen molar-refractivity contribution in [2.45, 2.75) is 101 Å². The van der Waals surface area contributed by atoms with Crippen molar-refractivity contribution < 1.29 is 14.0 Å². The van der Waals surface area contributed by atoms with E-state index in [9.17, 15) is 14.0 Å². The van der Waals surface area contributed by atoms with Gasteiger partial charge in [0.15, 0.2) is 0 Å². The highest BCUT2D eigenvalue weighted by Gasteiger charge is 2.46. The summed E-state index contributed by atoms with van der Waals surface area (Å²) in [7, 11) is 0. The number of nitrogens with one attached hydrogen (secondary N) is 2. The normalized spacial score (nSPS) is 44.6. The Balaban J connectivity index is 1.14. The molecule has 3 aliphatic heterocycles. The van der Waals surface area contributed by atoms with Crippen molar-refractivity contribution in [2.24, 2.45) is 11.8 Å². The maximum absolute atomic E-state index is 14.4. The highest BCUT2D eigenvalue weighted by molar-refractivity contribution is 5.82. The second-order valence-corrected chi connectivity index (χ2v) is 10.5. The second kappa shape index (κ2) is 8.38. The summed E-state index contributed by atoms with van der Waals surface area (Å²) < 4.78 is 14.4. The first-order valence-electron chi connectivity index (χ1n) is 12.2. The summed E-state index contributed by atoms with van der Waals surface area (Å²) in [4.78, 5) is 29.6. The minimum atomic E-state index is -0.767. The average Bonchev–Trinajstić information content (AvgIpc) is 3.36. The molecule has 2 saturated carbocycles. The average molecular weight is 421 g/mol. The van der Waals surface area contributed by atoms with Crippen molar-refractivity contribution in [3.05, 3.63) is 0 Å². The lowest BCUT2D eigenvalue weighted by molar-refractivity contribution is -0.131. The first kappa shape index (κ1) is 20.7. The van der Waals surface area contributed by atoms with E-state index in [4.69, 9.17) is 0 Å². The summed E-state index contributed by atoms with van der Waals surface area (Å²) in [6.45, 7) is 4.98. The van der Waals surface area contributed by atoms with Crippen LogP contribution in [0.25, 0.3) is 0 Å². The van der Waals surface area contributed by atoms with Crippen LogP contribution in [0.3, 0.4) is 0 Å². The lowest BCUT2D eigenvalue weighted by Crippen LogP contribution is -2.57. The van der Waals surface area contributed by atoms with Crippen LogP contribution < -0.4 is 10.6 Å². The van der Waals surface area contributed by atoms with E-state index in [1.165, 1.54) is 6.42 Å². The van der Waals surface area contributed by atoms with Crippen LogP contribution in [-0.2, 0) is 9.59 Å².